The van der Waals surface area contributed by atoms with Crippen LogP contribution in [0.5, 0.6) is 0 Å². The first-order valence-electron chi connectivity index (χ1n) is 5.87. The molecule has 1 N–H and O–H groups in total. The average Bonchev–Trinajstić information content (AvgIpc) is 2.94. The lowest BCUT2D eigenvalue weighted by molar-refractivity contribution is -0.136. The zero-order chi connectivity index (χ0) is 9.54. The molecule has 2 saturated heterocycles. The largest absolute Gasteiger partial charge is 0.338 e. The first-order valence-corrected chi connectivity index (χ1v) is 5.87. The molecular weight excluding hydrogens is 176 g/mol. The fraction of sp³-hybridized carbons (Fsp3) is 0.909. The summed E-state index contributed by atoms with van der Waals surface area (Å²) in [5, 5.41) is 3.41. The highest BCUT2D eigenvalue weighted by Crippen LogP contribution is 2.35. The van der Waals surface area contributed by atoms with Crippen molar-refractivity contribution < 1.29 is 4.79 Å². The molecule has 0 radical (unpaired) electrons. The molecule has 0 aromatic rings. The van der Waals surface area contributed by atoms with E-state index in [1.54, 1.807) is 0 Å². The summed E-state index contributed by atoms with van der Waals surface area (Å²) >= 11 is 0. The molecule has 1 amide bonds. The topological polar surface area (TPSA) is 32.3 Å². The Kier molecular flexibility index (Phi) is 2.01. The van der Waals surface area contributed by atoms with Gasteiger partial charge in [0.15, 0.2) is 0 Å². The van der Waals surface area contributed by atoms with Gasteiger partial charge in [-0.15, -0.1) is 0 Å². The van der Waals surface area contributed by atoms with Gasteiger partial charge in [-0.25, -0.2) is 0 Å². The summed E-state index contributed by atoms with van der Waals surface area (Å²) in [5.41, 5.74) is 0. The third kappa shape index (κ3) is 1.34. The van der Waals surface area contributed by atoms with Crippen LogP contribution in [-0.2, 0) is 4.79 Å². The Hall–Kier alpha value is -0.570. The fourth-order valence-corrected chi connectivity index (χ4v) is 2.91. The maximum atomic E-state index is 12.0. The molecule has 2 atom stereocenters. The smallest absolute Gasteiger partial charge is 0.225 e. The second-order valence-electron chi connectivity index (χ2n) is 4.93. The van der Waals surface area contributed by atoms with Crippen molar-refractivity contribution in [2.45, 2.75) is 31.7 Å². The van der Waals surface area contributed by atoms with Crippen LogP contribution in [0.4, 0.5) is 0 Å². The number of piperidine rings is 1. The van der Waals surface area contributed by atoms with E-state index in [1.165, 1.54) is 12.8 Å². The maximum Gasteiger partial charge on any atom is 0.225 e. The molecule has 0 bridgehead atoms. The lowest BCUT2D eigenvalue weighted by atomic mass is 9.92. The zero-order valence-electron chi connectivity index (χ0n) is 8.54. The van der Waals surface area contributed by atoms with Crippen LogP contribution in [-0.4, -0.2) is 36.5 Å². The van der Waals surface area contributed by atoms with E-state index in [0.717, 1.165) is 38.4 Å². The van der Waals surface area contributed by atoms with Crippen molar-refractivity contribution in [3.63, 3.8) is 0 Å². The SMILES string of the molecule is O=C(C1CC1)N1CCCC2CNCC21. The zero-order valence-corrected chi connectivity index (χ0v) is 8.54. The standard InChI is InChI=1S/C11H18N2O/c14-11(8-3-4-8)13-5-1-2-9-6-12-7-10(9)13/h8-10,12H,1-7H2. The molecule has 78 valence electrons. The van der Waals surface area contributed by atoms with Gasteiger partial charge in [0.05, 0.1) is 0 Å². The van der Waals surface area contributed by atoms with E-state index in [-0.39, 0.29) is 0 Å². The Morgan fingerprint density at radius 1 is 1.21 bits per heavy atom. The van der Waals surface area contributed by atoms with Crippen LogP contribution in [0.3, 0.4) is 0 Å². The Morgan fingerprint density at radius 2 is 2.07 bits per heavy atom. The van der Waals surface area contributed by atoms with E-state index in [2.05, 4.69) is 10.2 Å². The Bertz CT molecular complexity index is 250. The van der Waals surface area contributed by atoms with Crippen LogP contribution in [0.2, 0.25) is 0 Å². The minimum Gasteiger partial charge on any atom is -0.338 e. The minimum atomic E-state index is 0.398. The first kappa shape index (κ1) is 8.72. The van der Waals surface area contributed by atoms with Crippen molar-refractivity contribution >= 4 is 5.91 Å². The van der Waals surface area contributed by atoms with Crippen molar-refractivity contribution in [3.8, 4) is 0 Å². The van der Waals surface area contributed by atoms with E-state index in [0.29, 0.717) is 17.9 Å². The number of carbonyl (C=O) groups is 1. The minimum absolute atomic E-state index is 0.398. The maximum absolute atomic E-state index is 12.0. The first-order chi connectivity index (χ1) is 6.86. The summed E-state index contributed by atoms with van der Waals surface area (Å²) < 4.78 is 0. The molecule has 2 unspecified atom stereocenters. The summed E-state index contributed by atoms with van der Waals surface area (Å²) in [6, 6.07) is 0.525. The Labute approximate surface area is 84.8 Å². The summed E-state index contributed by atoms with van der Waals surface area (Å²) in [6.45, 7) is 3.17. The molecule has 3 heteroatoms. The Morgan fingerprint density at radius 3 is 2.86 bits per heavy atom. The van der Waals surface area contributed by atoms with Crippen molar-refractivity contribution in [1.82, 2.24) is 10.2 Å². The number of hydrogen-bond donors (Lipinski definition) is 1. The summed E-state index contributed by atoms with van der Waals surface area (Å²) in [4.78, 5) is 14.2. The third-order valence-corrected chi connectivity index (χ3v) is 3.89. The lowest BCUT2D eigenvalue weighted by Gasteiger charge is -2.37. The van der Waals surface area contributed by atoms with E-state index >= 15 is 0 Å². The highest BCUT2D eigenvalue weighted by atomic mass is 16.2. The molecule has 3 aliphatic rings. The van der Waals surface area contributed by atoms with Crippen molar-refractivity contribution in [3.05, 3.63) is 0 Å². The second kappa shape index (κ2) is 3.23. The molecule has 3 nitrogen and oxygen atoms in total. The predicted molar refractivity (Wildman–Crippen MR) is 53.8 cm³/mol. The van der Waals surface area contributed by atoms with Gasteiger partial charge in [-0.3, -0.25) is 4.79 Å². The van der Waals surface area contributed by atoms with Crippen LogP contribution < -0.4 is 5.32 Å². The molecule has 0 aromatic carbocycles. The molecular formula is C11H18N2O. The van der Waals surface area contributed by atoms with Gasteiger partial charge in [0, 0.05) is 31.6 Å². The number of nitrogens with zero attached hydrogens (tertiary/aromatic N) is 1. The van der Waals surface area contributed by atoms with Crippen LogP contribution >= 0.6 is 0 Å². The lowest BCUT2D eigenvalue weighted by Crippen LogP contribution is -2.48. The van der Waals surface area contributed by atoms with Crippen LogP contribution in [0.25, 0.3) is 0 Å². The summed E-state index contributed by atoms with van der Waals surface area (Å²) in [5.74, 6) is 1.59. The number of hydrogen-bond acceptors (Lipinski definition) is 2. The molecule has 2 aliphatic heterocycles. The molecule has 0 aromatic heterocycles. The highest BCUT2D eigenvalue weighted by molar-refractivity contribution is 5.81. The van der Waals surface area contributed by atoms with Gasteiger partial charge in [0.2, 0.25) is 5.91 Å². The number of amides is 1. The number of rotatable bonds is 1. The van der Waals surface area contributed by atoms with Gasteiger partial charge in [0.25, 0.3) is 0 Å². The quantitative estimate of drug-likeness (QED) is 0.663. The fourth-order valence-electron chi connectivity index (χ4n) is 2.91. The molecule has 1 saturated carbocycles. The third-order valence-electron chi connectivity index (χ3n) is 3.89. The highest BCUT2D eigenvalue weighted by Gasteiger charge is 2.41. The van der Waals surface area contributed by atoms with Gasteiger partial charge in [-0.2, -0.15) is 0 Å². The van der Waals surface area contributed by atoms with Crippen molar-refractivity contribution in [1.29, 1.82) is 0 Å². The van der Waals surface area contributed by atoms with E-state index < -0.39 is 0 Å². The predicted octanol–water partition coefficient (Wildman–Crippen LogP) is 0.607. The average molecular weight is 194 g/mol. The van der Waals surface area contributed by atoms with E-state index in [4.69, 9.17) is 0 Å². The molecule has 3 rings (SSSR count). The van der Waals surface area contributed by atoms with E-state index in [1.807, 2.05) is 0 Å². The molecule has 2 heterocycles. The van der Waals surface area contributed by atoms with E-state index in [9.17, 15) is 4.79 Å². The number of nitrogens with one attached hydrogen (secondary N) is 1. The molecule has 1 aliphatic carbocycles. The van der Waals surface area contributed by atoms with Gasteiger partial charge >= 0.3 is 0 Å². The normalized spacial score (nSPS) is 37.0. The van der Waals surface area contributed by atoms with Crippen LogP contribution in [0.15, 0.2) is 0 Å². The summed E-state index contributed by atoms with van der Waals surface area (Å²) in [7, 11) is 0. The molecule has 3 fully saturated rings. The second-order valence-corrected chi connectivity index (χ2v) is 4.93. The van der Waals surface area contributed by atoms with Gasteiger partial charge < -0.3 is 10.2 Å². The number of fused-ring (bicyclic) bond motifs is 1. The molecule has 0 spiro atoms. The van der Waals surface area contributed by atoms with Crippen LogP contribution in [0.1, 0.15) is 25.7 Å². The van der Waals surface area contributed by atoms with Gasteiger partial charge in [-0.05, 0) is 31.6 Å². The molecule has 14 heavy (non-hydrogen) atoms. The van der Waals surface area contributed by atoms with Crippen LogP contribution in [0, 0.1) is 11.8 Å². The summed E-state index contributed by atoms with van der Waals surface area (Å²) in [6.07, 6.45) is 4.80. The van der Waals surface area contributed by atoms with Crippen molar-refractivity contribution in [2.75, 3.05) is 19.6 Å². The Balaban J connectivity index is 1.73. The van der Waals surface area contributed by atoms with Gasteiger partial charge in [-0.1, -0.05) is 0 Å². The van der Waals surface area contributed by atoms with Gasteiger partial charge in [0.1, 0.15) is 0 Å². The van der Waals surface area contributed by atoms with Crippen molar-refractivity contribution in [2.24, 2.45) is 11.8 Å². The number of carbonyl (C=O) groups excluding carboxylic acids is 1. The number of likely N-dealkylation sites (tertiary alicyclic amines) is 1. The monoisotopic (exact) mass is 194 g/mol.